The molecule has 3 rings (SSSR count). The second-order valence-electron chi connectivity index (χ2n) is 7.20. The third-order valence-electron chi connectivity index (χ3n) is 5.01. The Kier molecular flexibility index (Phi) is 6.81. The Balaban J connectivity index is 1.50. The average molecular weight is 386 g/mol. The number of rotatable bonds is 7. The van der Waals surface area contributed by atoms with E-state index in [-0.39, 0.29) is 0 Å². The van der Waals surface area contributed by atoms with E-state index in [9.17, 15) is 0 Å². The van der Waals surface area contributed by atoms with Crippen LogP contribution in [0.4, 0.5) is 0 Å². The average Bonchev–Trinajstić information content (AvgIpc) is 3.33. The molecule has 1 unspecified atom stereocenters. The lowest BCUT2D eigenvalue weighted by Crippen LogP contribution is -2.44. The Morgan fingerprint density at radius 3 is 2.54 bits per heavy atom. The van der Waals surface area contributed by atoms with E-state index in [0.717, 1.165) is 50.1 Å². The lowest BCUT2D eigenvalue weighted by atomic mass is 10.2. The van der Waals surface area contributed by atoms with Crippen molar-refractivity contribution in [3.05, 3.63) is 47.8 Å². The lowest BCUT2D eigenvalue weighted by molar-refractivity contribution is 0.321. The smallest absolute Gasteiger partial charge is 0.191 e. The van der Waals surface area contributed by atoms with Crippen LogP contribution in [0, 0.1) is 0 Å². The number of hydrogen-bond acceptors (Lipinski definition) is 4. The van der Waals surface area contributed by atoms with Crippen molar-refractivity contribution >= 4 is 5.96 Å². The molecular formula is C21H31N5O2. The summed E-state index contributed by atoms with van der Waals surface area (Å²) in [5.41, 5.74) is 2.44. The predicted molar refractivity (Wildman–Crippen MR) is 112 cm³/mol. The van der Waals surface area contributed by atoms with Crippen molar-refractivity contribution in [2.45, 2.75) is 25.6 Å². The third-order valence-corrected chi connectivity index (χ3v) is 5.01. The molecule has 0 saturated carbocycles. The van der Waals surface area contributed by atoms with Crippen LogP contribution in [0.15, 0.2) is 41.7 Å². The zero-order valence-corrected chi connectivity index (χ0v) is 17.2. The van der Waals surface area contributed by atoms with Gasteiger partial charge in [0.1, 0.15) is 11.5 Å². The second kappa shape index (κ2) is 9.50. The number of likely N-dealkylation sites (tertiary alicyclic amines) is 1. The summed E-state index contributed by atoms with van der Waals surface area (Å²) in [6, 6.07) is 8.54. The zero-order chi connectivity index (χ0) is 19.9. The van der Waals surface area contributed by atoms with E-state index in [1.54, 1.807) is 14.2 Å². The maximum Gasteiger partial charge on any atom is 0.191 e. The van der Waals surface area contributed by atoms with Gasteiger partial charge in [-0.2, -0.15) is 0 Å². The summed E-state index contributed by atoms with van der Waals surface area (Å²) < 4.78 is 12.8. The summed E-state index contributed by atoms with van der Waals surface area (Å²) >= 11 is 0. The van der Waals surface area contributed by atoms with Crippen LogP contribution in [0.25, 0.3) is 0 Å². The molecule has 0 spiro atoms. The van der Waals surface area contributed by atoms with Crippen molar-refractivity contribution in [3.8, 4) is 11.5 Å². The minimum atomic E-state index is 0.384. The normalized spacial score (nSPS) is 17.6. The van der Waals surface area contributed by atoms with E-state index in [4.69, 9.17) is 9.47 Å². The van der Waals surface area contributed by atoms with E-state index >= 15 is 0 Å². The summed E-state index contributed by atoms with van der Waals surface area (Å²) in [5, 5.41) is 6.94. The van der Waals surface area contributed by atoms with Gasteiger partial charge >= 0.3 is 0 Å². The Hall–Kier alpha value is -2.67. The molecule has 1 saturated heterocycles. The maximum absolute atomic E-state index is 5.38. The van der Waals surface area contributed by atoms with Crippen LogP contribution >= 0.6 is 0 Å². The van der Waals surface area contributed by atoms with Crippen molar-refractivity contribution in [1.29, 1.82) is 0 Å². The van der Waals surface area contributed by atoms with Crippen molar-refractivity contribution in [2.75, 3.05) is 34.4 Å². The molecule has 0 aliphatic carbocycles. The molecule has 2 N–H and O–H groups in total. The maximum atomic E-state index is 5.38. The monoisotopic (exact) mass is 385 g/mol. The number of nitrogens with one attached hydrogen (secondary N) is 2. The van der Waals surface area contributed by atoms with Gasteiger partial charge in [0.15, 0.2) is 5.96 Å². The summed E-state index contributed by atoms with van der Waals surface area (Å²) in [4.78, 5) is 6.80. The standard InChI is InChI=1S/C21H31N5O2/c1-22-21(23-12-16-5-7-25(2)13-16)24-18-6-8-26(15-18)14-17-9-19(27-3)11-20(10-17)28-4/h5,7,9-11,13,18H,6,8,12,14-15H2,1-4H3,(H2,22,23,24). The van der Waals surface area contributed by atoms with Crippen LogP contribution in [-0.2, 0) is 20.1 Å². The number of hydrogen-bond donors (Lipinski definition) is 2. The summed E-state index contributed by atoms with van der Waals surface area (Å²) in [6.07, 6.45) is 5.25. The summed E-state index contributed by atoms with van der Waals surface area (Å²) in [6.45, 7) is 3.67. The van der Waals surface area contributed by atoms with Gasteiger partial charge in [0, 0.05) is 64.8 Å². The van der Waals surface area contributed by atoms with E-state index in [0.29, 0.717) is 6.04 Å². The molecule has 1 atom stereocenters. The minimum Gasteiger partial charge on any atom is -0.497 e. The zero-order valence-electron chi connectivity index (χ0n) is 17.2. The van der Waals surface area contributed by atoms with Crippen molar-refractivity contribution in [3.63, 3.8) is 0 Å². The van der Waals surface area contributed by atoms with Gasteiger partial charge in [-0.1, -0.05) is 0 Å². The van der Waals surface area contributed by atoms with E-state index in [1.807, 2.05) is 20.2 Å². The van der Waals surface area contributed by atoms with Crippen LogP contribution in [0.2, 0.25) is 0 Å². The molecule has 1 aliphatic rings. The van der Waals surface area contributed by atoms with Gasteiger partial charge in [-0.25, -0.2) is 0 Å². The molecular weight excluding hydrogens is 354 g/mol. The van der Waals surface area contributed by atoms with E-state index in [1.165, 1.54) is 11.1 Å². The molecule has 1 aliphatic heterocycles. The molecule has 2 heterocycles. The van der Waals surface area contributed by atoms with Crippen LogP contribution in [-0.4, -0.2) is 55.8 Å². The summed E-state index contributed by atoms with van der Waals surface area (Å²) in [5.74, 6) is 2.50. The molecule has 0 radical (unpaired) electrons. The number of guanidine groups is 1. The van der Waals surface area contributed by atoms with Crippen LogP contribution in [0.5, 0.6) is 11.5 Å². The number of aliphatic imine (C=N–C) groups is 1. The Morgan fingerprint density at radius 2 is 1.93 bits per heavy atom. The molecule has 0 amide bonds. The SMILES string of the molecule is CN=C(NCc1ccn(C)c1)NC1CCN(Cc2cc(OC)cc(OC)c2)C1. The van der Waals surface area contributed by atoms with Crippen LogP contribution < -0.4 is 20.1 Å². The van der Waals surface area contributed by atoms with Gasteiger partial charge in [-0.05, 0) is 35.7 Å². The van der Waals surface area contributed by atoms with Crippen molar-refractivity contribution in [2.24, 2.45) is 12.0 Å². The van der Waals surface area contributed by atoms with Gasteiger partial charge in [-0.3, -0.25) is 9.89 Å². The van der Waals surface area contributed by atoms with Gasteiger partial charge < -0.3 is 24.7 Å². The number of aromatic nitrogens is 1. The first kappa shape index (κ1) is 20.1. The lowest BCUT2D eigenvalue weighted by Gasteiger charge is -2.19. The van der Waals surface area contributed by atoms with E-state index < -0.39 is 0 Å². The number of aryl methyl sites for hydroxylation is 1. The highest BCUT2D eigenvalue weighted by Gasteiger charge is 2.23. The highest BCUT2D eigenvalue weighted by atomic mass is 16.5. The minimum absolute atomic E-state index is 0.384. The van der Waals surface area contributed by atoms with Gasteiger partial charge in [0.05, 0.1) is 14.2 Å². The molecule has 28 heavy (non-hydrogen) atoms. The Bertz CT molecular complexity index is 780. The molecule has 152 valence electrons. The van der Waals surface area contributed by atoms with Crippen molar-refractivity contribution < 1.29 is 9.47 Å². The van der Waals surface area contributed by atoms with Gasteiger partial charge in [-0.15, -0.1) is 0 Å². The quantitative estimate of drug-likeness (QED) is 0.564. The number of benzene rings is 1. The highest BCUT2D eigenvalue weighted by molar-refractivity contribution is 5.80. The predicted octanol–water partition coefficient (Wildman–Crippen LogP) is 1.98. The molecule has 1 fully saturated rings. The molecule has 1 aromatic heterocycles. The first-order valence-electron chi connectivity index (χ1n) is 9.62. The molecule has 2 aromatic rings. The third kappa shape index (κ3) is 5.42. The Labute approximate surface area is 167 Å². The largest absolute Gasteiger partial charge is 0.497 e. The Morgan fingerprint density at radius 1 is 1.18 bits per heavy atom. The fraction of sp³-hybridized carbons (Fsp3) is 0.476. The van der Waals surface area contributed by atoms with Crippen LogP contribution in [0.1, 0.15) is 17.5 Å². The molecule has 1 aromatic carbocycles. The first-order chi connectivity index (χ1) is 13.6. The second-order valence-corrected chi connectivity index (χ2v) is 7.20. The van der Waals surface area contributed by atoms with Crippen LogP contribution in [0.3, 0.4) is 0 Å². The highest BCUT2D eigenvalue weighted by Crippen LogP contribution is 2.24. The number of ether oxygens (including phenoxy) is 2. The first-order valence-corrected chi connectivity index (χ1v) is 9.62. The topological polar surface area (TPSA) is 63.1 Å². The van der Waals surface area contributed by atoms with Gasteiger partial charge in [0.25, 0.3) is 0 Å². The molecule has 7 nitrogen and oxygen atoms in total. The van der Waals surface area contributed by atoms with Crippen molar-refractivity contribution in [1.82, 2.24) is 20.1 Å². The molecule has 0 bridgehead atoms. The fourth-order valence-electron chi connectivity index (χ4n) is 3.55. The summed E-state index contributed by atoms with van der Waals surface area (Å²) in [7, 11) is 7.21. The number of methoxy groups -OCH3 is 2. The van der Waals surface area contributed by atoms with Gasteiger partial charge in [0.2, 0.25) is 0 Å². The fourth-order valence-corrected chi connectivity index (χ4v) is 3.55. The molecule has 7 heteroatoms. The number of nitrogens with zero attached hydrogens (tertiary/aromatic N) is 3. The van der Waals surface area contributed by atoms with E-state index in [2.05, 4.69) is 55.7 Å².